The highest BCUT2D eigenvalue weighted by atomic mass is 32.1. The molecule has 0 spiro atoms. The number of carbonyl (C=O) groups is 1. The highest BCUT2D eigenvalue weighted by Gasteiger charge is 2.21. The van der Waals surface area contributed by atoms with Gasteiger partial charge in [0.15, 0.2) is 5.69 Å². The van der Waals surface area contributed by atoms with Gasteiger partial charge in [0.1, 0.15) is 5.82 Å². The lowest BCUT2D eigenvalue weighted by Gasteiger charge is -2.13. The number of benzene rings is 2. The number of rotatable bonds is 6. The van der Waals surface area contributed by atoms with Gasteiger partial charge in [0.25, 0.3) is 5.91 Å². The van der Waals surface area contributed by atoms with Crippen LogP contribution in [-0.2, 0) is 13.1 Å². The fourth-order valence-corrected chi connectivity index (χ4v) is 5.23. The molecule has 4 rings (SSSR count). The van der Waals surface area contributed by atoms with Crippen molar-refractivity contribution in [2.24, 2.45) is 0 Å². The highest BCUT2D eigenvalue weighted by molar-refractivity contribution is 7.12. The van der Waals surface area contributed by atoms with Crippen molar-refractivity contribution in [3.8, 4) is 11.1 Å². The molecule has 0 fully saturated rings. The summed E-state index contributed by atoms with van der Waals surface area (Å²) in [6, 6.07) is 12.5. The topological polar surface area (TPSA) is 42.8 Å². The number of halogens is 1. The van der Waals surface area contributed by atoms with Crippen molar-refractivity contribution in [1.82, 2.24) is 9.88 Å². The maximum absolute atomic E-state index is 15.1. The SMILES string of the molecule is [C-]#[N+]c1ccc(-c2c([N+]#[C-])c(C)n(Cc3ccc(CNC(=O)c4sccc4C)cc3F)c2C)cc1C. The van der Waals surface area contributed by atoms with Crippen LogP contribution in [0.1, 0.15) is 43.3 Å². The molecule has 0 saturated carbocycles. The van der Waals surface area contributed by atoms with Crippen LogP contribution in [-0.4, -0.2) is 10.5 Å². The summed E-state index contributed by atoms with van der Waals surface area (Å²) in [5.41, 5.74) is 7.40. The average Bonchev–Trinajstić information content (AvgIpc) is 3.39. The molecule has 0 radical (unpaired) electrons. The first-order valence-corrected chi connectivity index (χ1v) is 12.3. The van der Waals surface area contributed by atoms with Crippen LogP contribution in [0, 0.1) is 46.7 Å². The summed E-state index contributed by atoms with van der Waals surface area (Å²) in [5, 5.41) is 4.73. The van der Waals surface area contributed by atoms with Crippen molar-refractivity contribution < 1.29 is 9.18 Å². The number of nitrogens with zero attached hydrogens (tertiary/aromatic N) is 3. The molecule has 0 bridgehead atoms. The fraction of sp³-hybridized carbons (Fsp3) is 0.207. The second-order valence-electron chi connectivity index (χ2n) is 8.75. The van der Waals surface area contributed by atoms with Crippen molar-refractivity contribution in [2.45, 2.75) is 40.8 Å². The highest BCUT2D eigenvalue weighted by Crippen LogP contribution is 2.40. The van der Waals surface area contributed by atoms with Gasteiger partial charge < -0.3 is 9.88 Å². The molecule has 1 N–H and O–H groups in total. The molecule has 2 heterocycles. The maximum Gasteiger partial charge on any atom is 0.261 e. The van der Waals surface area contributed by atoms with E-state index in [2.05, 4.69) is 15.0 Å². The summed E-state index contributed by atoms with van der Waals surface area (Å²) >= 11 is 1.39. The van der Waals surface area contributed by atoms with Crippen molar-refractivity contribution in [2.75, 3.05) is 0 Å². The van der Waals surface area contributed by atoms with E-state index >= 15 is 4.39 Å². The Labute approximate surface area is 214 Å². The van der Waals surface area contributed by atoms with Crippen molar-refractivity contribution in [1.29, 1.82) is 0 Å². The molecule has 0 unspecified atom stereocenters. The fourth-order valence-electron chi connectivity index (χ4n) is 4.39. The van der Waals surface area contributed by atoms with E-state index < -0.39 is 0 Å². The molecule has 36 heavy (non-hydrogen) atoms. The molecule has 2 aromatic carbocycles. The van der Waals surface area contributed by atoms with Gasteiger partial charge in [-0.25, -0.2) is 14.1 Å². The molecule has 2 aromatic heterocycles. The Hall–Kier alpha value is -4.20. The van der Waals surface area contributed by atoms with Crippen LogP contribution in [0.2, 0.25) is 0 Å². The Bertz CT molecular complexity index is 1570. The van der Waals surface area contributed by atoms with Crippen LogP contribution in [0.4, 0.5) is 15.8 Å². The molecule has 0 saturated heterocycles. The molecular formula is C29H25FN4OS. The van der Waals surface area contributed by atoms with Gasteiger partial charge in [-0.05, 0) is 67.5 Å². The lowest BCUT2D eigenvalue weighted by molar-refractivity contribution is 0.0954. The van der Waals surface area contributed by atoms with Gasteiger partial charge in [-0.3, -0.25) is 4.79 Å². The van der Waals surface area contributed by atoms with Crippen molar-refractivity contribution in [3.05, 3.63) is 115 Å². The minimum Gasteiger partial charge on any atom is -0.355 e. The standard InChI is InChI=1S/C29H25FN4OS/c1-17-11-12-36-28(17)29(35)33-15-21-7-8-23(24(30)14-21)16-34-19(3)26(27(32-6)20(34)4)22-9-10-25(31-5)18(2)13-22/h7-14H,15-16H2,1-4H3,(H,33,35). The smallest absolute Gasteiger partial charge is 0.261 e. The maximum atomic E-state index is 15.1. The molecule has 1 amide bonds. The van der Waals surface area contributed by atoms with E-state index in [4.69, 9.17) is 13.1 Å². The Morgan fingerprint density at radius 2 is 1.78 bits per heavy atom. The zero-order valence-corrected chi connectivity index (χ0v) is 21.4. The second kappa shape index (κ2) is 10.2. The molecule has 4 aromatic rings. The molecule has 180 valence electrons. The van der Waals surface area contributed by atoms with Crippen LogP contribution in [0.25, 0.3) is 20.8 Å². The normalized spacial score (nSPS) is 10.6. The molecule has 0 aliphatic carbocycles. The first-order chi connectivity index (χ1) is 17.2. The summed E-state index contributed by atoms with van der Waals surface area (Å²) in [6.45, 7) is 23.2. The van der Waals surface area contributed by atoms with E-state index in [0.29, 0.717) is 27.4 Å². The van der Waals surface area contributed by atoms with Crippen molar-refractivity contribution in [3.63, 3.8) is 0 Å². The number of aromatic nitrogens is 1. The van der Waals surface area contributed by atoms with Gasteiger partial charge in [0.05, 0.1) is 18.0 Å². The molecular weight excluding hydrogens is 471 g/mol. The first kappa shape index (κ1) is 24.9. The summed E-state index contributed by atoms with van der Waals surface area (Å²) in [5.74, 6) is -0.519. The van der Waals surface area contributed by atoms with Crippen LogP contribution >= 0.6 is 11.3 Å². The summed E-state index contributed by atoms with van der Waals surface area (Å²) in [7, 11) is 0. The summed E-state index contributed by atoms with van der Waals surface area (Å²) in [6.07, 6.45) is 0. The number of amides is 1. The Morgan fingerprint density at radius 3 is 2.39 bits per heavy atom. The van der Waals surface area contributed by atoms with Gasteiger partial charge in [-0.15, -0.1) is 11.3 Å². The third kappa shape index (κ3) is 4.66. The average molecular weight is 497 g/mol. The number of nitrogens with one attached hydrogen (secondary N) is 1. The monoisotopic (exact) mass is 496 g/mol. The van der Waals surface area contributed by atoms with Crippen LogP contribution in [0.15, 0.2) is 47.8 Å². The van der Waals surface area contributed by atoms with E-state index in [-0.39, 0.29) is 24.8 Å². The van der Waals surface area contributed by atoms with E-state index in [0.717, 1.165) is 33.6 Å². The lowest BCUT2D eigenvalue weighted by Crippen LogP contribution is -2.22. The van der Waals surface area contributed by atoms with Gasteiger partial charge in [0.2, 0.25) is 5.69 Å². The van der Waals surface area contributed by atoms with Crippen LogP contribution in [0.3, 0.4) is 0 Å². The Kier molecular flexibility index (Phi) is 7.05. The van der Waals surface area contributed by atoms with Gasteiger partial charge in [-0.2, -0.15) is 0 Å². The van der Waals surface area contributed by atoms with Gasteiger partial charge in [0, 0.05) is 35.6 Å². The van der Waals surface area contributed by atoms with E-state index in [9.17, 15) is 4.79 Å². The van der Waals surface area contributed by atoms with Crippen LogP contribution < -0.4 is 5.32 Å². The Balaban J connectivity index is 1.59. The van der Waals surface area contributed by atoms with Crippen LogP contribution in [0.5, 0.6) is 0 Å². The third-order valence-corrected chi connectivity index (χ3v) is 7.45. The van der Waals surface area contributed by atoms with E-state index in [1.54, 1.807) is 12.1 Å². The zero-order valence-electron chi connectivity index (χ0n) is 20.6. The number of hydrogen-bond donors (Lipinski definition) is 1. The predicted molar refractivity (Wildman–Crippen MR) is 142 cm³/mol. The third-order valence-electron chi connectivity index (χ3n) is 6.44. The predicted octanol–water partition coefficient (Wildman–Crippen LogP) is 7.67. The molecule has 0 atom stereocenters. The second-order valence-corrected chi connectivity index (χ2v) is 9.66. The molecule has 5 nitrogen and oxygen atoms in total. The molecule has 0 aliphatic heterocycles. The minimum absolute atomic E-state index is 0.163. The number of thiophene rings is 1. The lowest BCUT2D eigenvalue weighted by atomic mass is 10.0. The Morgan fingerprint density at radius 1 is 1.00 bits per heavy atom. The largest absolute Gasteiger partial charge is 0.355 e. The summed E-state index contributed by atoms with van der Waals surface area (Å²) < 4.78 is 17.1. The van der Waals surface area contributed by atoms with Crippen molar-refractivity contribution >= 4 is 28.6 Å². The number of carbonyl (C=O) groups excluding carboxylic acids is 1. The number of hydrogen-bond acceptors (Lipinski definition) is 2. The first-order valence-electron chi connectivity index (χ1n) is 11.4. The van der Waals surface area contributed by atoms with Gasteiger partial charge >= 0.3 is 0 Å². The molecule has 0 aliphatic rings. The zero-order chi connectivity index (χ0) is 26.0. The summed E-state index contributed by atoms with van der Waals surface area (Å²) in [4.78, 5) is 20.3. The van der Waals surface area contributed by atoms with E-state index in [1.807, 2.05) is 61.9 Å². The number of aryl methyl sites for hydroxylation is 2. The van der Waals surface area contributed by atoms with E-state index in [1.165, 1.54) is 17.4 Å². The molecule has 7 heteroatoms. The quantitative estimate of drug-likeness (QED) is 0.274. The van der Waals surface area contributed by atoms with Gasteiger partial charge in [-0.1, -0.05) is 30.3 Å². The minimum atomic E-state index is -0.357.